The molecule has 0 radical (unpaired) electrons. The lowest BCUT2D eigenvalue weighted by Crippen LogP contribution is -2.15. The quantitative estimate of drug-likeness (QED) is 0.748. The van der Waals surface area contributed by atoms with Gasteiger partial charge in [-0.15, -0.1) is 0 Å². The van der Waals surface area contributed by atoms with Crippen molar-refractivity contribution in [2.45, 2.75) is 19.4 Å². The summed E-state index contributed by atoms with van der Waals surface area (Å²) in [7, 11) is 0. The topological polar surface area (TPSA) is 72.7 Å². The van der Waals surface area contributed by atoms with Crippen LogP contribution in [0.25, 0.3) is 11.0 Å². The fourth-order valence-electron chi connectivity index (χ4n) is 2.99. The number of hydrogen-bond donors (Lipinski definition) is 1. The minimum absolute atomic E-state index is 0.0884. The molecule has 1 unspecified atom stereocenters. The fourth-order valence-corrected chi connectivity index (χ4v) is 2.99. The second-order valence-electron chi connectivity index (χ2n) is 5.89. The largest absolute Gasteiger partial charge is 0.315 e. The Morgan fingerprint density at radius 3 is 2.87 bits per heavy atom. The van der Waals surface area contributed by atoms with E-state index in [1.807, 2.05) is 35.9 Å². The fraction of sp³-hybridized carbons (Fsp3) is 0.294. The summed E-state index contributed by atoms with van der Waals surface area (Å²) in [6, 6.07) is 7.77. The van der Waals surface area contributed by atoms with Gasteiger partial charge >= 0.3 is 0 Å². The van der Waals surface area contributed by atoms with Crippen LogP contribution in [0.15, 0.2) is 36.8 Å². The van der Waals surface area contributed by atoms with Crippen molar-refractivity contribution in [3.05, 3.63) is 53.6 Å². The van der Waals surface area contributed by atoms with Gasteiger partial charge in [-0.05, 0) is 19.9 Å². The van der Waals surface area contributed by atoms with Crippen LogP contribution in [0.2, 0.25) is 0 Å². The molecule has 3 heterocycles. The molecule has 0 amide bonds. The van der Waals surface area contributed by atoms with E-state index in [-0.39, 0.29) is 11.8 Å². The van der Waals surface area contributed by atoms with Crippen LogP contribution in [0.1, 0.15) is 34.1 Å². The Hall–Kier alpha value is -2.60. The lowest BCUT2D eigenvalue weighted by atomic mass is 10.1. The first-order chi connectivity index (χ1) is 11.2. The Bertz CT molecular complexity index is 862. The maximum Gasteiger partial charge on any atom is 0.213 e. The molecule has 1 aromatic carbocycles. The molecule has 23 heavy (non-hydrogen) atoms. The Labute approximate surface area is 133 Å². The van der Waals surface area contributed by atoms with Gasteiger partial charge in [-0.2, -0.15) is 5.10 Å². The molecular weight excluding hydrogens is 290 g/mol. The average Bonchev–Trinajstić information content (AvgIpc) is 3.22. The van der Waals surface area contributed by atoms with Crippen LogP contribution in [0, 0.1) is 6.92 Å². The lowest BCUT2D eigenvalue weighted by Gasteiger charge is -2.09. The van der Waals surface area contributed by atoms with Crippen molar-refractivity contribution < 1.29 is 4.79 Å². The van der Waals surface area contributed by atoms with E-state index in [2.05, 4.69) is 20.4 Å². The van der Waals surface area contributed by atoms with Gasteiger partial charge in [-0.3, -0.25) is 4.79 Å². The van der Waals surface area contributed by atoms with Gasteiger partial charge in [0.05, 0.1) is 11.4 Å². The van der Waals surface area contributed by atoms with Crippen LogP contribution in [-0.4, -0.2) is 38.6 Å². The number of nitrogens with one attached hydrogen (secondary N) is 1. The molecule has 1 aliphatic heterocycles. The number of carbonyl (C=O) groups excluding carboxylic acids is 1. The minimum Gasteiger partial charge on any atom is -0.315 e. The zero-order valence-corrected chi connectivity index (χ0v) is 12.9. The van der Waals surface area contributed by atoms with Crippen molar-refractivity contribution in [2.75, 3.05) is 13.1 Å². The summed E-state index contributed by atoms with van der Waals surface area (Å²) in [5.74, 6) is -0.0884. The predicted molar refractivity (Wildman–Crippen MR) is 86.5 cm³/mol. The van der Waals surface area contributed by atoms with Gasteiger partial charge in [0.25, 0.3) is 0 Å². The van der Waals surface area contributed by atoms with E-state index < -0.39 is 0 Å². The lowest BCUT2D eigenvalue weighted by molar-refractivity contribution is 0.103. The number of nitrogens with zero attached hydrogens (tertiary/aromatic N) is 4. The number of hydrogen-bond acceptors (Lipinski definition) is 5. The van der Waals surface area contributed by atoms with Crippen LogP contribution in [-0.2, 0) is 0 Å². The van der Waals surface area contributed by atoms with E-state index in [0.29, 0.717) is 16.6 Å². The Morgan fingerprint density at radius 2 is 2.13 bits per heavy atom. The number of ketones is 1. The van der Waals surface area contributed by atoms with Crippen LogP contribution >= 0.6 is 0 Å². The maximum absolute atomic E-state index is 12.9. The molecule has 1 fully saturated rings. The predicted octanol–water partition coefficient (Wildman–Crippen LogP) is 1.90. The highest BCUT2D eigenvalue weighted by Crippen LogP contribution is 2.24. The Morgan fingerprint density at radius 1 is 1.30 bits per heavy atom. The standard InChI is InChI=1S/C17H17N5O/c1-11-2-4-12(5-3-11)16(23)15-14-9-19-10-20-17(14)22(21-15)13-6-7-18-8-13/h2-5,9-10,13,18H,6-8H2,1H3. The average molecular weight is 307 g/mol. The first-order valence-electron chi connectivity index (χ1n) is 7.74. The second kappa shape index (κ2) is 5.55. The van der Waals surface area contributed by atoms with Gasteiger partial charge < -0.3 is 5.32 Å². The normalized spacial score (nSPS) is 17.7. The highest BCUT2D eigenvalue weighted by atomic mass is 16.1. The van der Waals surface area contributed by atoms with Crippen molar-refractivity contribution in [3.8, 4) is 0 Å². The zero-order valence-electron chi connectivity index (χ0n) is 12.9. The van der Waals surface area contributed by atoms with Crippen molar-refractivity contribution in [3.63, 3.8) is 0 Å². The molecule has 0 saturated carbocycles. The maximum atomic E-state index is 12.9. The summed E-state index contributed by atoms with van der Waals surface area (Å²) in [5.41, 5.74) is 2.91. The van der Waals surface area contributed by atoms with E-state index in [9.17, 15) is 4.79 Å². The monoisotopic (exact) mass is 307 g/mol. The van der Waals surface area contributed by atoms with Gasteiger partial charge in [-0.25, -0.2) is 14.6 Å². The molecule has 0 bridgehead atoms. The molecule has 1 aliphatic rings. The van der Waals surface area contributed by atoms with Crippen LogP contribution in [0.5, 0.6) is 0 Å². The number of fused-ring (bicyclic) bond motifs is 1. The molecule has 0 aliphatic carbocycles. The van der Waals surface area contributed by atoms with Crippen LogP contribution < -0.4 is 5.32 Å². The smallest absolute Gasteiger partial charge is 0.213 e. The summed E-state index contributed by atoms with van der Waals surface area (Å²) >= 11 is 0. The highest BCUT2D eigenvalue weighted by Gasteiger charge is 2.25. The van der Waals surface area contributed by atoms with Gasteiger partial charge in [-0.1, -0.05) is 29.8 Å². The molecule has 2 aromatic heterocycles. The number of aryl methyl sites for hydroxylation is 1. The molecule has 6 nitrogen and oxygen atoms in total. The molecule has 1 N–H and O–H groups in total. The summed E-state index contributed by atoms with van der Waals surface area (Å²) in [6.07, 6.45) is 4.16. The van der Waals surface area contributed by atoms with E-state index in [0.717, 1.165) is 30.7 Å². The summed E-state index contributed by atoms with van der Waals surface area (Å²) < 4.78 is 1.87. The Kier molecular flexibility index (Phi) is 3.38. The summed E-state index contributed by atoms with van der Waals surface area (Å²) in [5, 5.41) is 8.63. The van der Waals surface area contributed by atoms with Gasteiger partial charge in [0, 0.05) is 18.3 Å². The van der Waals surface area contributed by atoms with Crippen molar-refractivity contribution in [2.24, 2.45) is 0 Å². The minimum atomic E-state index is -0.0884. The first-order valence-corrected chi connectivity index (χ1v) is 7.74. The van der Waals surface area contributed by atoms with E-state index in [1.165, 1.54) is 6.33 Å². The van der Waals surface area contributed by atoms with E-state index in [4.69, 9.17) is 0 Å². The van der Waals surface area contributed by atoms with Crippen LogP contribution in [0.4, 0.5) is 0 Å². The SMILES string of the molecule is Cc1ccc(C(=O)c2nn(C3CCNC3)c3ncncc23)cc1. The van der Waals surface area contributed by atoms with Crippen molar-refractivity contribution in [1.29, 1.82) is 0 Å². The van der Waals surface area contributed by atoms with Crippen molar-refractivity contribution in [1.82, 2.24) is 25.1 Å². The van der Waals surface area contributed by atoms with Gasteiger partial charge in [0.2, 0.25) is 5.78 Å². The Balaban J connectivity index is 1.83. The molecule has 1 atom stereocenters. The zero-order chi connectivity index (χ0) is 15.8. The van der Waals surface area contributed by atoms with E-state index in [1.54, 1.807) is 6.20 Å². The molecule has 3 aromatic rings. The number of carbonyl (C=O) groups is 1. The van der Waals surface area contributed by atoms with Crippen molar-refractivity contribution >= 4 is 16.8 Å². The summed E-state index contributed by atoms with van der Waals surface area (Å²) in [6.45, 7) is 3.80. The molecule has 1 saturated heterocycles. The van der Waals surface area contributed by atoms with E-state index >= 15 is 0 Å². The first kappa shape index (κ1) is 14.0. The second-order valence-corrected chi connectivity index (χ2v) is 5.89. The number of aromatic nitrogens is 4. The molecule has 6 heteroatoms. The highest BCUT2D eigenvalue weighted by molar-refractivity contribution is 6.14. The van der Waals surface area contributed by atoms with Gasteiger partial charge in [0.1, 0.15) is 12.0 Å². The molecule has 4 rings (SSSR count). The van der Waals surface area contributed by atoms with Crippen LogP contribution in [0.3, 0.4) is 0 Å². The summed E-state index contributed by atoms with van der Waals surface area (Å²) in [4.78, 5) is 21.3. The molecule has 116 valence electrons. The number of rotatable bonds is 3. The van der Waals surface area contributed by atoms with Gasteiger partial charge in [0.15, 0.2) is 5.65 Å². The third kappa shape index (κ3) is 2.41. The third-order valence-corrected chi connectivity index (χ3v) is 4.28. The molecular formula is C17H17N5O. The third-order valence-electron chi connectivity index (χ3n) is 4.28. The number of benzene rings is 1. The molecule has 0 spiro atoms.